The van der Waals surface area contributed by atoms with Crippen molar-refractivity contribution in [3.8, 4) is 5.75 Å². The first-order valence-corrected chi connectivity index (χ1v) is 11.0. The van der Waals surface area contributed by atoms with Crippen LogP contribution in [0.2, 0.25) is 0 Å². The van der Waals surface area contributed by atoms with Crippen molar-refractivity contribution < 1.29 is 4.74 Å². The summed E-state index contributed by atoms with van der Waals surface area (Å²) >= 11 is 0. The maximum atomic E-state index is 5.38. The first kappa shape index (κ1) is 19.5. The molecule has 3 heteroatoms. The fraction of sp³-hybridized carbons (Fsp3) is 0.520. The third-order valence-electron chi connectivity index (χ3n) is 6.58. The molecule has 1 aliphatic carbocycles. The van der Waals surface area contributed by atoms with Gasteiger partial charge in [0.25, 0.3) is 0 Å². The summed E-state index contributed by atoms with van der Waals surface area (Å²) in [7, 11) is 1.74. The molecule has 0 N–H and O–H groups in total. The number of rotatable bonds is 6. The third-order valence-corrected chi connectivity index (χ3v) is 6.58. The minimum Gasteiger partial charge on any atom is -0.497 e. The number of methoxy groups -OCH3 is 1. The van der Waals surface area contributed by atoms with Crippen LogP contribution < -0.4 is 4.74 Å². The SMILES string of the molecule is COc1cccc(CN2CCN(C(c3ccccc3)C3CCCCC3)CC2)c1. The average Bonchev–Trinajstić information content (AvgIpc) is 2.77. The van der Waals surface area contributed by atoms with Crippen LogP contribution in [-0.4, -0.2) is 43.1 Å². The monoisotopic (exact) mass is 378 g/mol. The first-order valence-electron chi connectivity index (χ1n) is 11.0. The topological polar surface area (TPSA) is 15.7 Å². The highest BCUT2D eigenvalue weighted by Gasteiger charge is 2.32. The van der Waals surface area contributed by atoms with Gasteiger partial charge in [-0.3, -0.25) is 9.80 Å². The molecule has 1 heterocycles. The second-order valence-electron chi connectivity index (χ2n) is 8.42. The lowest BCUT2D eigenvalue weighted by molar-refractivity contribution is 0.0547. The van der Waals surface area contributed by atoms with E-state index >= 15 is 0 Å². The van der Waals surface area contributed by atoms with E-state index in [1.165, 1.54) is 56.3 Å². The van der Waals surface area contributed by atoms with Crippen molar-refractivity contribution >= 4 is 0 Å². The van der Waals surface area contributed by atoms with E-state index in [2.05, 4.69) is 58.3 Å². The van der Waals surface area contributed by atoms with E-state index in [1.54, 1.807) is 7.11 Å². The largest absolute Gasteiger partial charge is 0.497 e. The smallest absolute Gasteiger partial charge is 0.119 e. The summed E-state index contributed by atoms with van der Waals surface area (Å²) in [5, 5.41) is 0. The molecule has 2 aromatic rings. The highest BCUT2D eigenvalue weighted by atomic mass is 16.5. The number of hydrogen-bond acceptors (Lipinski definition) is 3. The van der Waals surface area contributed by atoms with Crippen LogP contribution in [-0.2, 0) is 6.54 Å². The lowest BCUT2D eigenvalue weighted by Crippen LogP contribution is -2.48. The molecule has 150 valence electrons. The van der Waals surface area contributed by atoms with Crippen molar-refractivity contribution in [2.45, 2.75) is 44.7 Å². The van der Waals surface area contributed by atoms with Gasteiger partial charge in [-0.2, -0.15) is 0 Å². The van der Waals surface area contributed by atoms with Crippen LogP contribution in [0.1, 0.15) is 49.3 Å². The molecule has 0 aromatic heterocycles. The van der Waals surface area contributed by atoms with Crippen LogP contribution >= 0.6 is 0 Å². The Morgan fingerprint density at radius 3 is 2.36 bits per heavy atom. The second kappa shape index (κ2) is 9.58. The van der Waals surface area contributed by atoms with Crippen LogP contribution in [0, 0.1) is 5.92 Å². The summed E-state index contributed by atoms with van der Waals surface area (Å²) in [6.07, 6.45) is 7.02. The number of benzene rings is 2. The Morgan fingerprint density at radius 1 is 0.893 bits per heavy atom. The standard InChI is InChI=1S/C25H34N2O/c1-28-24-14-8-9-21(19-24)20-26-15-17-27(18-16-26)25(22-10-4-2-5-11-22)23-12-6-3-7-13-23/h2,4-5,8-11,14,19,23,25H,3,6-7,12-13,15-18,20H2,1H3. The maximum absolute atomic E-state index is 5.38. The van der Waals surface area contributed by atoms with Crippen molar-refractivity contribution in [1.29, 1.82) is 0 Å². The van der Waals surface area contributed by atoms with E-state index in [0.717, 1.165) is 31.3 Å². The Kier molecular flexibility index (Phi) is 6.66. The highest BCUT2D eigenvalue weighted by molar-refractivity contribution is 5.28. The normalized spacial score (nSPS) is 20.8. The van der Waals surface area contributed by atoms with Gasteiger partial charge in [0.15, 0.2) is 0 Å². The van der Waals surface area contributed by atoms with Gasteiger partial charge >= 0.3 is 0 Å². The molecule has 28 heavy (non-hydrogen) atoms. The second-order valence-corrected chi connectivity index (χ2v) is 8.42. The zero-order valence-corrected chi connectivity index (χ0v) is 17.2. The molecule has 1 saturated heterocycles. The zero-order chi connectivity index (χ0) is 19.2. The zero-order valence-electron chi connectivity index (χ0n) is 17.2. The van der Waals surface area contributed by atoms with E-state index in [0.29, 0.717) is 6.04 Å². The van der Waals surface area contributed by atoms with Gasteiger partial charge in [-0.1, -0.05) is 61.7 Å². The first-order chi connectivity index (χ1) is 13.8. The molecular formula is C25H34N2O. The van der Waals surface area contributed by atoms with E-state index in [-0.39, 0.29) is 0 Å². The van der Waals surface area contributed by atoms with Crippen molar-refractivity contribution in [3.05, 3.63) is 65.7 Å². The van der Waals surface area contributed by atoms with Gasteiger partial charge in [0, 0.05) is 38.8 Å². The Morgan fingerprint density at radius 2 is 1.64 bits per heavy atom. The number of nitrogens with zero attached hydrogens (tertiary/aromatic N) is 2. The summed E-state index contributed by atoms with van der Waals surface area (Å²) in [5.41, 5.74) is 2.87. The van der Waals surface area contributed by atoms with Crippen molar-refractivity contribution in [2.75, 3.05) is 33.3 Å². The molecule has 0 bridgehead atoms. The quantitative estimate of drug-likeness (QED) is 0.693. The summed E-state index contributed by atoms with van der Waals surface area (Å²) in [5.74, 6) is 1.78. The molecule has 1 saturated carbocycles. The van der Waals surface area contributed by atoms with Crippen LogP contribution in [0.4, 0.5) is 0 Å². The molecule has 2 aromatic carbocycles. The Hall–Kier alpha value is -1.84. The number of hydrogen-bond donors (Lipinski definition) is 0. The Balaban J connectivity index is 1.41. The molecule has 1 unspecified atom stereocenters. The fourth-order valence-corrected chi connectivity index (χ4v) is 5.11. The average molecular weight is 379 g/mol. The molecule has 2 aliphatic rings. The minimum absolute atomic E-state index is 0.598. The van der Waals surface area contributed by atoms with E-state index in [1.807, 2.05) is 6.07 Å². The van der Waals surface area contributed by atoms with Crippen molar-refractivity contribution in [3.63, 3.8) is 0 Å². The van der Waals surface area contributed by atoms with Gasteiger partial charge in [0.05, 0.1) is 7.11 Å². The third kappa shape index (κ3) is 4.76. The Bertz CT molecular complexity index is 718. The number of ether oxygens (including phenoxy) is 1. The minimum atomic E-state index is 0.598. The van der Waals surface area contributed by atoms with Crippen LogP contribution in [0.25, 0.3) is 0 Å². The molecule has 1 atom stereocenters. The predicted molar refractivity (Wildman–Crippen MR) is 116 cm³/mol. The van der Waals surface area contributed by atoms with Crippen LogP contribution in [0.5, 0.6) is 5.75 Å². The number of piperazine rings is 1. The summed E-state index contributed by atoms with van der Waals surface area (Å²) in [4.78, 5) is 5.36. The summed E-state index contributed by atoms with van der Waals surface area (Å²) in [6.45, 7) is 5.64. The molecular weight excluding hydrogens is 344 g/mol. The molecule has 1 aliphatic heterocycles. The van der Waals surface area contributed by atoms with E-state index in [9.17, 15) is 0 Å². The molecule has 4 rings (SSSR count). The summed E-state index contributed by atoms with van der Waals surface area (Å²) < 4.78 is 5.38. The van der Waals surface area contributed by atoms with Gasteiger partial charge in [0.2, 0.25) is 0 Å². The van der Waals surface area contributed by atoms with Gasteiger partial charge < -0.3 is 4.74 Å². The maximum Gasteiger partial charge on any atom is 0.119 e. The van der Waals surface area contributed by atoms with E-state index in [4.69, 9.17) is 4.74 Å². The summed E-state index contributed by atoms with van der Waals surface area (Å²) in [6, 6.07) is 20.4. The van der Waals surface area contributed by atoms with E-state index < -0.39 is 0 Å². The molecule has 0 amide bonds. The van der Waals surface area contributed by atoms with Crippen LogP contribution in [0.15, 0.2) is 54.6 Å². The van der Waals surface area contributed by atoms with Gasteiger partial charge in [-0.15, -0.1) is 0 Å². The Labute approximate surface area is 170 Å². The lowest BCUT2D eigenvalue weighted by Gasteiger charge is -2.43. The van der Waals surface area contributed by atoms with Gasteiger partial charge in [-0.05, 0) is 42.0 Å². The highest BCUT2D eigenvalue weighted by Crippen LogP contribution is 2.38. The lowest BCUT2D eigenvalue weighted by atomic mass is 9.80. The fourth-order valence-electron chi connectivity index (χ4n) is 5.11. The van der Waals surface area contributed by atoms with Crippen molar-refractivity contribution in [2.24, 2.45) is 5.92 Å². The van der Waals surface area contributed by atoms with Gasteiger partial charge in [0.1, 0.15) is 5.75 Å². The van der Waals surface area contributed by atoms with Crippen LogP contribution in [0.3, 0.4) is 0 Å². The van der Waals surface area contributed by atoms with Crippen molar-refractivity contribution in [1.82, 2.24) is 9.80 Å². The molecule has 0 spiro atoms. The predicted octanol–water partition coefficient (Wildman–Crippen LogP) is 5.13. The molecule has 0 radical (unpaired) electrons. The molecule has 2 fully saturated rings. The molecule has 3 nitrogen and oxygen atoms in total. The van der Waals surface area contributed by atoms with Gasteiger partial charge in [-0.25, -0.2) is 0 Å².